The molecule has 0 radical (unpaired) electrons. The van der Waals surface area contributed by atoms with E-state index in [1.807, 2.05) is 0 Å². The van der Waals surface area contributed by atoms with Crippen LogP contribution < -0.4 is 5.32 Å². The molecule has 0 bridgehead atoms. The minimum absolute atomic E-state index is 0.0652. The minimum atomic E-state index is -0.486. The van der Waals surface area contributed by atoms with Crippen molar-refractivity contribution in [1.29, 1.82) is 0 Å². The van der Waals surface area contributed by atoms with Crippen molar-refractivity contribution in [2.75, 3.05) is 11.9 Å². The molecule has 1 fully saturated rings. The third kappa shape index (κ3) is 4.02. The highest BCUT2D eigenvalue weighted by atomic mass is 32.2. The van der Waals surface area contributed by atoms with Crippen LogP contribution in [0, 0.1) is 5.82 Å². The zero-order chi connectivity index (χ0) is 20.4. The second-order valence-corrected chi connectivity index (χ2v) is 7.11. The summed E-state index contributed by atoms with van der Waals surface area (Å²) < 4.78 is 17.6. The zero-order valence-corrected chi connectivity index (χ0v) is 15.6. The summed E-state index contributed by atoms with van der Waals surface area (Å²) >= 11 is 0.782. The molecule has 1 aliphatic rings. The van der Waals surface area contributed by atoms with Crippen molar-refractivity contribution in [3.8, 4) is 0 Å². The molecule has 0 aliphatic carbocycles. The summed E-state index contributed by atoms with van der Waals surface area (Å²) in [5.41, 5.74) is 1.94. The van der Waals surface area contributed by atoms with E-state index < -0.39 is 17.0 Å². The van der Waals surface area contributed by atoms with Gasteiger partial charge in [0.1, 0.15) is 11.3 Å². The van der Waals surface area contributed by atoms with Gasteiger partial charge >= 0.3 is 0 Å². The maximum atomic E-state index is 13.0. The number of rotatable bonds is 5. The number of thioether (sulfide) groups is 1. The Balaban J connectivity index is 1.39. The molecule has 4 rings (SSSR count). The summed E-state index contributed by atoms with van der Waals surface area (Å²) in [6.07, 6.45) is 1.44. The van der Waals surface area contributed by atoms with Gasteiger partial charge < -0.3 is 5.32 Å². The standard InChI is InChI=1S/C19H13FN4O4S/c20-12-6-4-11(5-7-12)10-15-18(26)24(19(27)29-15)9-8-16(25)21-13-2-1-3-14-17(13)23-28-22-14/h1-7,10H,8-9H2,(H,21,25)/b15-10-. The fourth-order valence-electron chi connectivity index (χ4n) is 2.74. The number of amides is 3. The first-order valence-corrected chi connectivity index (χ1v) is 9.35. The first-order chi connectivity index (χ1) is 14.0. The number of hydrogen-bond acceptors (Lipinski definition) is 7. The van der Waals surface area contributed by atoms with Crippen LogP contribution in [0.3, 0.4) is 0 Å². The van der Waals surface area contributed by atoms with E-state index in [0.29, 0.717) is 22.3 Å². The van der Waals surface area contributed by atoms with E-state index in [0.717, 1.165) is 16.7 Å². The summed E-state index contributed by atoms with van der Waals surface area (Å²) in [7, 11) is 0. The zero-order valence-electron chi connectivity index (χ0n) is 14.8. The lowest BCUT2D eigenvalue weighted by molar-refractivity contribution is -0.123. The van der Waals surface area contributed by atoms with Gasteiger partial charge in [-0.15, -0.1) is 0 Å². The first kappa shape index (κ1) is 18.8. The number of hydrogen-bond donors (Lipinski definition) is 1. The lowest BCUT2D eigenvalue weighted by Crippen LogP contribution is -2.31. The third-order valence-corrected chi connectivity index (χ3v) is 5.07. The van der Waals surface area contributed by atoms with E-state index in [9.17, 15) is 18.8 Å². The molecule has 29 heavy (non-hydrogen) atoms. The highest BCUT2D eigenvalue weighted by Crippen LogP contribution is 2.32. The van der Waals surface area contributed by atoms with E-state index in [1.54, 1.807) is 18.2 Å². The van der Waals surface area contributed by atoms with E-state index in [4.69, 9.17) is 0 Å². The maximum Gasteiger partial charge on any atom is 0.293 e. The van der Waals surface area contributed by atoms with Crippen LogP contribution >= 0.6 is 11.8 Å². The van der Waals surface area contributed by atoms with Gasteiger partial charge in [0.15, 0.2) is 5.52 Å². The number of imide groups is 1. The van der Waals surface area contributed by atoms with E-state index >= 15 is 0 Å². The summed E-state index contributed by atoms with van der Waals surface area (Å²) in [5.74, 6) is -1.26. The topological polar surface area (TPSA) is 105 Å². The average Bonchev–Trinajstić information content (AvgIpc) is 3.28. The molecule has 0 spiro atoms. The van der Waals surface area contributed by atoms with Crippen molar-refractivity contribution >= 4 is 51.6 Å². The Morgan fingerprint density at radius 3 is 2.76 bits per heavy atom. The number of anilines is 1. The van der Waals surface area contributed by atoms with Crippen LogP contribution in [-0.2, 0) is 9.59 Å². The predicted molar refractivity (Wildman–Crippen MR) is 104 cm³/mol. The Bertz CT molecular complexity index is 1140. The molecule has 1 N–H and O–H groups in total. The van der Waals surface area contributed by atoms with Crippen molar-refractivity contribution in [3.63, 3.8) is 0 Å². The molecular formula is C19H13FN4O4S. The van der Waals surface area contributed by atoms with Crippen LogP contribution in [0.15, 0.2) is 52.0 Å². The fourth-order valence-corrected chi connectivity index (χ4v) is 3.60. The van der Waals surface area contributed by atoms with E-state index in [-0.39, 0.29) is 23.8 Å². The van der Waals surface area contributed by atoms with Gasteiger partial charge in [-0.2, -0.15) is 0 Å². The van der Waals surface area contributed by atoms with Crippen LogP contribution in [0.2, 0.25) is 0 Å². The summed E-state index contributed by atoms with van der Waals surface area (Å²) in [6, 6.07) is 10.6. The molecule has 10 heteroatoms. The monoisotopic (exact) mass is 412 g/mol. The van der Waals surface area contributed by atoms with Crippen LogP contribution in [0.4, 0.5) is 14.9 Å². The highest BCUT2D eigenvalue weighted by Gasteiger charge is 2.35. The van der Waals surface area contributed by atoms with Crippen molar-refractivity contribution in [3.05, 3.63) is 58.8 Å². The molecule has 1 aromatic heterocycles. The van der Waals surface area contributed by atoms with Gasteiger partial charge in [0.2, 0.25) is 5.91 Å². The van der Waals surface area contributed by atoms with Crippen molar-refractivity contribution in [2.24, 2.45) is 0 Å². The number of nitrogens with one attached hydrogen (secondary N) is 1. The number of halogens is 1. The van der Waals surface area contributed by atoms with Crippen molar-refractivity contribution in [2.45, 2.75) is 6.42 Å². The van der Waals surface area contributed by atoms with Gasteiger partial charge in [0.05, 0.1) is 10.6 Å². The molecule has 1 saturated heterocycles. The van der Waals surface area contributed by atoms with Crippen molar-refractivity contribution < 1.29 is 23.4 Å². The summed E-state index contributed by atoms with van der Waals surface area (Å²) in [6.45, 7) is -0.0652. The third-order valence-electron chi connectivity index (χ3n) is 4.16. The van der Waals surface area contributed by atoms with E-state index in [2.05, 4.69) is 20.3 Å². The van der Waals surface area contributed by atoms with Crippen LogP contribution in [0.1, 0.15) is 12.0 Å². The number of carbonyl (C=O) groups excluding carboxylic acids is 3. The second-order valence-electron chi connectivity index (χ2n) is 6.12. The number of fused-ring (bicyclic) bond motifs is 1. The Morgan fingerprint density at radius 2 is 1.97 bits per heavy atom. The highest BCUT2D eigenvalue weighted by molar-refractivity contribution is 8.18. The first-order valence-electron chi connectivity index (χ1n) is 8.53. The lowest BCUT2D eigenvalue weighted by atomic mass is 10.2. The maximum absolute atomic E-state index is 13.0. The molecular weight excluding hydrogens is 399 g/mol. The number of benzene rings is 2. The van der Waals surface area contributed by atoms with Gasteiger partial charge in [-0.05, 0) is 58.0 Å². The Morgan fingerprint density at radius 1 is 1.17 bits per heavy atom. The molecule has 0 unspecified atom stereocenters. The second kappa shape index (κ2) is 7.84. The molecule has 1 aliphatic heterocycles. The molecule has 3 aromatic rings. The SMILES string of the molecule is O=C(CCN1C(=O)S/C(=C\c2ccc(F)cc2)C1=O)Nc1cccc2nonc12. The molecule has 3 amide bonds. The van der Waals surface area contributed by atoms with Gasteiger partial charge in [-0.3, -0.25) is 19.3 Å². The Hall–Kier alpha value is -3.53. The van der Waals surface area contributed by atoms with Crippen molar-refractivity contribution in [1.82, 2.24) is 15.2 Å². The Labute approximate surface area is 167 Å². The fraction of sp³-hybridized carbons (Fsp3) is 0.105. The van der Waals surface area contributed by atoms with Gasteiger partial charge in [0.25, 0.3) is 11.1 Å². The van der Waals surface area contributed by atoms with Gasteiger partial charge in [-0.25, -0.2) is 9.02 Å². The molecule has 0 saturated carbocycles. The van der Waals surface area contributed by atoms with Crippen LogP contribution in [0.25, 0.3) is 17.1 Å². The average molecular weight is 412 g/mol. The normalized spacial score (nSPS) is 15.5. The molecule has 2 heterocycles. The summed E-state index contributed by atoms with van der Waals surface area (Å²) in [5, 5.41) is 9.65. The molecule has 8 nitrogen and oxygen atoms in total. The quantitative estimate of drug-likeness (QED) is 0.640. The van der Waals surface area contributed by atoms with Crippen LogP contribution in [0.5, 0.6) is 0 Å². The lowest BCUT2D eigenvalue weighted by Gasteiger charge is -2.12. The molecule has 0 atom stereocenters. The van der Waals surface area contributed by atoms with E-state index in [1.165, 1.54) is 30.3 Å². The van der Waals surface area contributed by atoms with Crippen LogP contribution in [-0.4, -0.2) is 38.8 Å². The summed E-state index contributed by atoms with van der Waals surface area (Å²) in [4.78, 5) is 38.1. The number of aromatic nitrogens is 2. The van der Waals surface area contributed by atoms with Gasteiger partial charge in [-0.1, -0.05) is 18.2 Å². The van der Waals surface area contributed by atoms with Gasteiger partial charge in [0, 0.05) is 13.0 Å². The molecule has 146 valence electrons. The number of carbonyl (C=O) groups is 3. The largest absolute Gasteiger partial charge is 0.324 e. The minimum Gasteiger partial charge on any atom is -0.324 e. The Kier molecular flexibility index (Phi) is 5.09. The smallest absolute Gasteiger partial charge is 0.293 e. The molecule has 2 aromatic carbocycles. The predicted octanol–water partition coefficient (Wildman–Crippen LogP) is 3.43. The number of nitrogens with zero attached hydrogens (tertiary/aromatic N) is 3.